The van der Waals surface area contributed by atoms with Crippen molar-refractivity contribution in [1.82, 2.24) is 0 Å². The van der Waals surface area contributed by atoms with Crippen molar-refractivity contribution in [2.24, 2.45) is 0 Å². The summed E-state index contributed by atoms with van der Waals surface area (Å²) in [4.78, 5) is 12.7. The van der Waals surface area contributed by atoms with Gasteiger partial charge in [-0.15, -0.1) is 0 Å². The first-order chi connectivity index (χ1) is 13.0. The van der Waals surface area contributed by atoms with Crippen molar-refractivity contribution in [3.05, 3.63) is 76.9 Å². The molecule has 2 aromatic carbocycles. The van der Waals surface area contributed by atoms with Crippen molar-refractivity contribution < 1.29 is 24.3 Å². The second-order valence-electron chi connectivity index (χ2n) is 6.22. The number of aryl methyl sites for hydroxylation is 1. The first kappa shape index (κ1) is 16.7. The molecule has 0 aliphatic heterocycles. The Labute approximate surface area is 153 Å². The number of pyridine rings is 1. The molecule has 0 unspecified atom stereocenters. The van der Waals surface area contributed by atoms with Gasteiger partial charge >= 0.3 is 5.63 Å². The minimum atomic E-state index is -0.815. The monoisotopic (exact) mass is 362 g/mol. The van der Waals surface area contributed by atoms with Crippen LogP contribution < -0.4 is 10.2 Å². The zero-order valence-electron chi connectivity index (χ0n) is 14.4. The molecule has 2 heterocycles. The Morgan fingerprint density at radius 2 is 1.59 bits per heavy atom. The van der Waals surface area contributed by atoms with E-state index >= 15 is 0 Å². The van der Waals surface area contributed by atoms with Crippen LogP contribution in [-0.4, -0.2) is 15.3 Å². The standard InChI is InChI=1S/C21H15NO5/c1-12-5-6-13-16(11-12)27-21(26)18(20(13)25)17-14(23)7-8-15(24)19(17)22-9-3-2-4-10-22/h2-11H,1H3,(H2-,23,24,25,26)/p+1. The zero-order chi connectivity index (χ0) is 19.1. The molecule has 0 spiro atoms. The zero-order valence-corrected chi connectivity index (χ0v) is 14.4. The average molecular weight is 362 g/mol. The average Bonchev–Trinajstić information content (AvgIpc) is 2.65. The number of phenolic OH excluding ortho intramolecular Hbond substituents is 2. The van der Waals surface area contributed by atoms with E-state index in [-0.39, 0.29) is 39.6 Å². The van der Waals surface area contributed by atoms with Crippen molar-refractivity contribution >= 4 is 11.0 Å². The highest BCUT2D eigenvalue weighted by atomic mass is 16.4. The summed E-state index contributed by atoms with van der Waals surface area (Å²) in [6, 6.07) is 12.9. The molecule has 6 nitrogen and oxygen atoms in total. The number of nitrogens with zero attached hydrogens (tertiary/aromatic N) is 1. The van der Waals surface area contributed by atoms with Gasteiger partial charge in [0, 0.05) is 12.1 Å². The molecule has 0 bridgehead atoms. The van der Waals surface area contributed by atoms with E-state index in [0.717, 1.165) is 5.56 Å². The molecular weight excluding hydrogens is 346 g/mol. The van der Waals surface area contributed by atoms with Crippen LogP contribution in [0.25, 0.3) is 27.8 Å². The van der Waals surface area contributed by atoms with E-state index in [1.54, 1.807) is 53.4 Å². The Balaban J connectivity index is 2.13. The lowest BCUT2D eigenvalue weighted by Gasteiger charge is -2.11. The Bertz CT molecular complexity index is 1230. The molecule has 0 saturated carbocycles. The third kappa shape index (κ3) is 2.67. The molecule has 3 N–H and O–H groups in total. The minimum Gasteiger partial charge on any atom is -0.507 e. The topological polar surface area (TPSA) is 94.8 Å². The fourth-order valence-electron chi connectivity index (χ4n) is 3.14. The van der Waals surface area contributed by atoms with Crippen LogP contribution in [0, 0.1) is 6.92 Å². The Kier molecular flexibility index (Phi) is 3.81. The van der Waals surface area contributed by atoms with Gasteiger partial charge in [0.2, 0.25) is 0 Å². The molecule has 2 aromatic heterocycles. The predicted molar refractivity (Wildman–Crippen MR) is 99.2 cm³/mol. The van der Waals surface area contributed by atoms with E-state index in [0.29, 0.717) is 5.39 Å². The van der Waals surface area contributed by atoms with Crippen LogP contribution in [-0.2, 0) is 0 Å². The normalized spacial score (nSPS) is 11.0. The maximum Gasteiger partial charge on any atom is 0.348 e. The number of aromatic hydroxyl groups is 3. The van der Waals surface area contributed by atoms with Gasteiger partial charge in [0.1, 0.15) is 28.2 Å². The molecule has 0 fully saturated rings. The van der Waals surface area contributed by atoms with Crippen molar-refractivity contribution in [2.45, 2.75) is 6.92 Å². The van der Waals surface area contributed by atoms with E-state index in [1.807, 2.05) is 6.92 Å². The summed E-state index contributed by atoms with van der Waals surface area (Å²) < 4.78 is 6.92. The summed E-state index contributed by atoms with van der Waals surface area (Å²) >= 11 is 0. The molecule has 0 aliphatic carbocycles. The second kappa shape index (κ2) is 6.17. The molecule has 0 atom stereocenters. The van der Waals surface area contributed by atoms with Crippen molar-refractivity contribution in [3.8, 4) is 34.1 Å². The van der Waals surface area contributed by atoms with Gasteiger partial charge in [0.25, 0.3) is 5.69 Å². The van der Waals surface area contributed by atoms with Gasteiger partial charge in [-0.1, -0.05) is 12.1 Å². The van der Waals surface area contributed by atoms with Crippen LogP contribution in [0.5, 0.6) is 17.2 Å². The van der Waals surface area contributed by atoms with E-state index in [1.165, 1.54) is 12.1 Å². The van der Waals surface area contributed by atoms with Crippen LogP contribution in [0.3, 0.4) is 0 Å². The molecule has 0 saturated heterocycles. The third-order valence-electron chi connectivity index (χ3n) is 4.39. The maximum atomic E-state index is 12.7. The Morgan fingerprint density at radius 1 is 0.889 bits per heavy atom. The second-order valence-corrected chi connectivity index (χ2v) is 6.22. The van der Waals surface area contributed by atoms with Gasteiger partial charge in [-0.3, -0.25) is 0 Å². The number of benzene rings is 2. The lowest BCUT2D eigenvalue weighted by molar-refractivity contribution is -0.595. The number of fused-ring (bicyclic) bond motifs is 1. The van der Waals surface area contributed by atoms with Crippen LogP contribution >= 0.6 is 0 Å². The Morgan fingerprint density at radius 3 is 2.33 bits per heavy atom. The molecule has 6 heteroatoms. The molecule has 27 heavy (non-hydrogen) atoms. The van der Waals surface area contributed by atoms with Gasteiger partial charge < -0.3 is 19.7 Å². The largest absolute Gasteiger partial charge is 0.507 e. The third-order valence-corrected chi connectivity index (χ3v) is 4.39. The molecule has 134 valence electrons. The van der Waals surface area contributed by atoms with Crippen molar-refractivity contribution in [2.75, 3.05) is 0 Å². The van der Waals surface area contributed by atoms with Gasteiger partial charge in [-0.2, -0.15) is 4.57 Å². The smallest absolute Gasteiger partial charge is 0.348 e. The molecule has 0 aliphatic rings. The molecule has 4 aromatic rings. The predicted octanol–water partition coefficient (Wildman–Crippen LogP) is 3.16. The first-order valence-corrected chi connectivity index (χ1v) is 8.26. The first-order valence-electron chi connectivity index (χ1n) is 8.26. The summed E-state index contributed by atoms with van der Waals surface area (Å²) in [5.41, 5.74) is 0.230. The van der Waals surface area contributed by atoms with Crippen molar-refractivity contribution in [3.63, 3.8) is 0 Å². The van der Waals surface area contributed by atoms with Gasteiger partial charge in [0.05, 0.1) is 5.39 Å². The van der Waals surface area contributed by atoms with E-state index in [4.69, 9.17) is 4.42 Å². The van der Waals surface area contributed by atoms with Crippen LogP contribution in [0.1, 0.15) is 5.56 Å². The number of aromatic nitrogens is 1. The summed E-state index contributed by atoms with van der Waals surface area (Å²) in [6.07, 6.45) is 3.31. The highest BCUT2D eigenvalue weighted by Gasteiger charge is 2.29. The number of hydrogen-bond acceptors (Lipinski definition) is 5. The molecular formula is C21H16NO5+. The van der Waals surface area contributed by atoms with E-state index < -0.39 is 5.63 Å². The van der Waals surface area contributed by atoms with E-state index in [2.05, 4.69) is 0 Å². The summed E-state index contributed by atoms with van der Waals surface area (Å²) in [5, 5.41) is 32.0. The quantitative estimate of drug-likeness (QED) is 0.289. The lowest BCUT2D eigenvalue weighted by Crippen LogP contribution is -2.30. The lowest BCUT2D eigenvalue weighted by atomic mass is 10.00. The van der Waals surface area contributed by atoms with E-state index in [9.17, 15) is 20.1 Å². The number of phenols is 2. The maximum absolute atomic E-state index is 12.7. The van der Waals surface area contributed by atoms with Gasteiger partial charge in [0.15, 0.2) is 18.1 Å². The highest BCUT2D eigenvalue weighted by molar-refractivity contribution is 5.93. The van der Waals surface area contributed by atoms with Gasteiger partial charge in [-0.25, -0.2) is 4.79 Å². The van der Waals surface area contributed by atoms with Gasteiger partial charge in [-0.05, 0) is 36.8 Å². The SMILES string of the molecule is Cc1ccc2c(O)c(-c3c(O)ccc(O)c3-[n+]3ccccc3)c(=O)oc2c1. The summed E-state index contributed by atoms with van der Waals surface area (Å²) in [5.74, 6) is -0.755. The Hall–Kier alpha value is -3.80. The molecule has 4 rings (SSSR count). The molecule has 0 amide bonds. The van der Waals surface area contributed by atoms with Crippen LogP contribution in [0.2, 0.25) is 0 Å². The fourth-order valence-corrected chi connectivity index (χ4v) is 3.14. The summed E-state index contributed by atoms with van der Waals surface area (Å²) in [7, 11) is 0. The fraction of sp³-hybridized carbons (Fsp3) is 0.0476. The highest BCUT2D eigenvalue weighted by Crippen LogP contribution is 2.42. The molecule has 0 radical (unpaired) electrons. The van der Waals surface area contributed by atoms with Crippen LogP contribution in [0.4, 0.5) is 0 Å². The number of hydrogen-bond donors (Lipinski definition) is 3. The van der Waals surface area contributed by atoms with Crippen LogP contribution in [0.15, 0.2) is 70.1 Å². The summed E-state index contributed by atoms with van der Waals surface area (Å²) in [6.45, 7) is 1.84. The van der Waals surface area contributed by atoms with Crippen molar-refractivity contribution in [1.29, 1.82) is 0 Å². The number of rotatable bonds is 2. The minimum absolute atomic E-state index is 0.0140.